The van der Waals surface area contributed by atoms with Crippen molar-refractivity contribution in [2.24, 2.45) is 5.73 Å². The van der Waals surface area contributed by atoms with Gasteiger partial charge in [0.05, 0.1) is 6.04 Å². The molecule has 0 radical (unpaired) electrons. The highest BCUT2D eigenvalue weighted by Crippen LogP contribution is 2.36. The molecule has 1 aliphatic rings. The molecule has 0 aliphatic carbocycles. The highest BCUT2D eigenvalue weighted by atomic mass is 35.5. The number of aryl methyl sites for hydroxylation is 1. The van der Waals surface area contributed by atoms with Gasteiger partial charge in [0.15, 0.2) is 0 Å². The van der Waals surface area contributed by atoms with Gasteiger partial charge < -0.3 is 15.8 Å². The molecule has 1 aromatic carbocycles. The Balaban J connectivity index is 0.00000264. The van der Waals surface area contributed by atoms with E-state index in [0.29, 0.717) is 6.54 Å². The van der Waals surface area contributed by atoms with Crippen LogP contribution in [0.1, 0.15) is 43.7 Å². The molecule has 0 bridgehead atoms. The van der Waals surface area contributed by atoms with E-state index in [9.17, 15) is 4.79 Å². The van der Waals surface area contributed by atoms with E-state index in [2.05, 4.69) is 36.5 Å². The maximum Gasteiger partial charge on any atom is 0.236 e. The van der Waals surface area contributed by atoms with Gasteiger partial charge in [-0.25, -0.2) is 0 Å². The fraction of sp³-hybridized carbons (Fsp3) is 0.611. The molecule has 0 saturated carbocycles. The first-order valence-corrected chi connectivity index (χ1v) is 8.26. The molecular weight excluding hydrogens is 312 g/mol. The number of hydrogen-bond donors (Lipinski definition) is 2. The Hall–Kier alpha value is -1.10. The minimum atomic E-state index is -0.404. The number of carbonyl (C=O) groups excluding carboxylic acids is 1. The second-order valence-electron chi connectivity index (χ2n) is 6.32. The summed E-state index contributed by atoms with van der Waals surface area (Å²) in [5.74, 6) is -0.0405. The van der Waals surface area contributed by atoms with Crippen LogP contribution in [0, 0.1) is 6.92 Å². The number of rotatable bonds is 6. The molecule has 1 unspecified atom stereocenters. The van der Waals surface area contributed by atoms with E-state index >= 15 is 0 Å². The van der Waals surface area contributed by atoms with Gasteiger partial charge in [-0.15, -0.1) is 12.4 Å². The van der Waals surface area contributed by atoms with Crippen molar-refractivity contribution in [1.82, 2.24) is 5.32 Å². The van der Waals surface area contributed by atoms with Crippen LogP contribution in [-0.4, -0.2) is 31.7 Å². The molecule has 1 saturated heterocycles. The third kappa shape index (κ3) is 4.93. The summed E-state index contributed by atoms with van der Waals surface area (Å²) in [4.78, 5) is 12.2. The third-order valence-electron chi connectivity index (χ3n) is 4.70. The van der Waals surface area contributed by atoms with Crippen molar-refractivity contribution in [3.8, 4) is 0 Å². The maximum absolute atomic E-state index is 12.2. The molecule has 2 rings (SSSR count). The Labute approximate surface area is 145 Å². The summed E-state index contributed by atoms with van der Waals surface area (Å²) < 4.78 is 5.54. The lowest BCUT2D eigenvalue weighted by Gasteiger charge is -2.39. The normalized spacial score (nSPS) is 17.9. The van der Waals surface area contributed by atoms with E-state index in [1.807, 2.05) is 6.92 Å². The van der Waals surface area contributed by atoms with Crippen LogP contribution in [0.4, 0.5) is 0 Å². The fourth-order valence-corrected chi connectivity index (χ4v) is 3.30. The maximum atomic E-state index is 12.2. The van der Waals surface area contributed by atoms with Gasteiger partial charge in [0, 0.05) is 25.2 Å². The standard InChI is InChI=1S/C18H28N2O2.ClH/c1-3-6-16(19)17(21)20-13-18(9-11-22-12-10-18)15-8-5-4-7-14(15)2;/h4-5,7-8,16H,3,6,9-13,19H2,1-2H3,(H,20,21);1H. The summed E-state index contributed by atoms with van der Waals surface area (Å²) in [5, 5.41) is 3.08. The number of nitrogens with one attached hydrogen (secondary N) is 1. The molecule has 130 valence electrons. The molecule has 0 spiro atoms. The van der Waals surface area contributed by atoms with Crippen molar-refractivity contribution < 1.29 is 9.53 Å². The molecule has 0 aromatic heterocycles. The largest absolute Gasteiger partial charge is 0.381 e. The predicted octanol–water partition coefficient (Wildman–Crippen LogP) is 2.71. The van der Waals surface area contributed by atoms with E-state index in [1.54, 1.807) is 0 Å². The van der Waals surface area contributed by atoms with Gasteiger partial charge in [-0.2, -0.15) is 0 Å². The average molecular weight is 341 g/mol. The molecule has 4 nitrogen and oxygen atoms in total. The number of benzene rings is 1. The Morgan fingerprint density at radius 1 is 1.35 bits per heavy atom. The molecule has 1 fully saturated rings. The second-order valence-corrected chi connectivity index (χ2v) is 6.32. The summed E-state index contributed by atoms with van der Waals surface area (Å²) in [6.45, 7) is 6.30. The molecule has 23 heavy (non-hydrogen) atoms. The Morgan fingerprint density at radius 2 is 2.00 bits per heavy atom. The van der Waals surface area contributed by atoms with Crippen molar-refractivity contribution in [1.29, 1.82) is 0 Å². The fourth-order valence-electron chi connectivity index (χ4n) is 3.30. The number of amides is 1. The summed E-state index contributed by atoms with van der Waals surface area (Å²) in [6, 6.07) is 8.04. The highest BCUT2D eigenvalue weighted by Gasteiger charge is 2.36. The van der Waals surface area contributed by atoms with Gasteiger partial charge in [-0.1, -0.05) is 37.6 Å². The number of carbonyl (C=O) groups is 1. The van der Waals surface area contributed by atoms with E-state index < -0.39 is 6.04 Å². The van der Waals surface area contributed by atoms with Crippen LogP contribution in [0.2, 0.25) is 0 Å². The first-order chi connectivity index (χ1) is 10.6. The van der Waals surface area contributed by atoms with Crippen LogP contribution in [0.5, 0.6) is 0 Å². The topological polar surface area (TPSA) is 64.4 Å². The first-order valence-electron chi connectivity index (χ1n) is 8.26. The predicted molar refractivity (Wildman–Crippen MR) is 96.1 cm³/mol. The lowest BCUT2D eigenvalue weighted by atomic mass is 9.72. The Bertz CT molecular complexity index is 502. The number of nitrogens with two attached hydrogens (primary N) is 1. The van der Waals surface area contributed by atoms with Crippen LogP contribution in [0.3, 0.4) is 0 Å². The van der Waals surface area contributed by atoms with Crippen LogP contribution in [0.25, 0.3) is 0 Å². The molecule has 1 amide bonds. The van der Waals surface area contributed by atoms with E-state index in [4.69, 9.17) is 10.5 Å². The molecule has 3 N–H and O–H groups in total. The minimum Gasteiger partial charge on any atom is -0.381 e. The highest BCUT2D eigenvalue weighted by molar-refractivity contribution is 5.85. The first kappa shape index (κ1) is 19.9. The smallest absolute Gasteiger partial charge is 0.236 e. The van der Waals surface area contributed by atoms with Crippen LogP contribution in [-0.2, 0) is 14.9 Å². The quantitative estimate of drug-likeness (QED) is 0.836. The number of ether oxygens (including phenoxy) is 1. The zero-order valence-corrected chi connectivity index (χ0v) is 15.0. The van der Waals surface area contributed by atoms with Gasteiger partial charge in [0.1, 0.15) is 0 Å². The molecule has 1 aromatic rings. The van der Waals surface area contributed by atoms with E-state index in [1.165, 1.54) is 11.1 Å². The monoisotopic (exact) mass is 340 g/mol. The molecule has 1 atom stereocenters. The van der Waals surface area contributed by atoms with E-state index in [-0.39, 0.29) is 23.7 Å². The molecule has 5 heteroatoms. The van der Waals surface area contributed by atoms with E-state index in [0.717, 1.165) is 38.9 Å². The zero-order chi connectivity index (χ0) is 16.0. The second kappa shape index (κ2) is 9.26. The molecular formula is C18H29ClN2O2. The van der Waals surface area contributed by atoms with Crippen molar-refractivity contribution in [2.45, 2.75) is 51.0 Å². The van der Waals surface area contributed by atoms with Crippen molar-refractivity contribution >= 4 is 18.3 Å². The summed E-state index contributed by atoms with van der Waals surface area (Å²) >= 11 is 0. The van der Waals surface area contributed by atoms with Gasteiger partial charge >= 0.3 is 0 Å². The van der Waals surface area contributed by atoms with Crippen LogP contribution < -0.4 is 11.1 Å². The summed E-state index contributed by atoms with van der Waals surface area (Å²) in [7, 11) is 0. The minimum absolute atomic E-state index is 0. The van der Waals surface area contributed by atoms with Crippen molar-refractivity contribution in [3.05, 3.63) is 35.4 Å². The van der Waals surface area contributed by atoms with Crippen molar-refractivity contribution in [2.75, 3.05) is 19.8 Å². The van der Waals surface area contributed by atoms with Gasteiger partial charge in [-0.3, -0.25) is 4.79 Å². The lowest BCUT2D eigenvalue weighted by Crippen LogP contribution is -2.49. The Kier molecular flexibility index (Phi) is 8.03. The van der Waals surface area contributed by atoms with Crippen molar-refractivity contribution in [3.63, 3.8) is 0 Å². The molecule has 1 aliphatic heterocycles. The van der Waals surface area contributed by atoms with Gasteiger partial charge in [0.2, 0.25) is 5.91 Å². The SMILES string of the molecule is CCCC(N)C(=O)NCC1(c2ccccc2C)CCOCC1.Cl. The number of halogens is 1. The van der Waals surface area contributed by atoms with Crippen LogP contribution in [0.15, 0.2) is 24.3 Å². The summed E-state index contributed by atoms with van der Waals surface area (Å²) in [6.07, 6.45) is 3.51. The average Bonchev–Trinajstić information content (AvgIpc) is 2.54. The van der Waals surface area contributed by atoms with Gasteiger partial charge in [0.25, 0.3) is 0 Å². The molecule has 1 heterocycles. The summed E-state index contributed by atoms with van der Waals surface area (Å²) in [5.41, 5.74) is 8.48. The zero-order valence-electron chi connectivity index (χ0n) is 14.1. The van der Waals surface area contributed by atoms with Crippen LogP contribution >= 0.6 is 12.4 Å². The Morgan fingerprint density at radius 3 is 2.61 bits per heavy atom. The number of hydrogen-bond acceptors (Lipinski definition) is 3. The van der Waals surface area contributed by atoms with Gasteiger partial charge in [-0.05, 0) is 37.3 Å². The lowest BCUT2D eigenvalue weighted by molar-refractivity contribution is -0.123. The third-order valence-corrected chi connectivity index (χ3v) is 4.70.